The molecule has 4 rings (SSSR count). The van der Waals surface area contributed by atoms with Gasteiger partial charge in [-0.2, -0.15) is 4.31 Å². The molecule has 0 aliphatic carbocycles. The number of carbonyl (C=O) groups is 2. The largest absolute Gasteiger partial charge is 0.477 e. The van der Waals surface area contributed by atoms with Crippen molar-refractivity contribution in [1.82, 2.24) is 4.31 Å². The van der Waals surface area contributed by atoms with Gasteiger partial charge in [-0.3, -0.25) is 4.79 Å². The molecule has 2 aliphatic heterocycles. The number of carbonyl (C=O) groups excluding carboxylic acids is 1. The van der Waals surface area contributed by atoms with Crippen LogP contribution in [0.1, 0.15) is 25.7 Å². The van der Waals surface area contributed by atoms with Crippen LogP contribution in [0.3, 0.4) is 0 Å². The van der Waals surface area contributed by atoms with Crippen LogP contribution in [0.4, 0.5) is 5.69 Å². The van der Waals surface area contributed by atoms with E-state index in [0.29, 0.717) is 24.2 Å². The number of carboxylic acid groups (broad SMARTS) is 1. The van der Waals surface area contributed by atoms with Crippen molar-refractivity contribution in [2.45, 2.75) is 24.3 Å². The average Bonchev–Trinajstić information content (AvgIpc) is 3.15. The first kappa shape index (κ1) is 16.2. The van der Waals surface area contributed by atoms with Gasteiger partial charge in [0.25, 0.3) is 0 Å². The molecule has 1 aromatic heterocycles. The number of aromatic carboxylic acids is 1. The van der Waals surface area contributed by atoms with Crippen molar-refractivity contribution in [2.75, 3.05) is 11.9 Å². The number of benzene rings is 1. The van der Waals surface area contributed by atoms with Crippen LogP contribution in [0, 0.1) is 0 Å². The van der Waals surface area contributed by atoms with Gasteiger partial charge in [0.05, 0.1) is 11.3 Å². The van der Waals surface area contributed by atoms with E-state index in [9.17, 15) is 18.0 Å². The Morgan fingerprint density at radius 2 is 2.04 bits per heavy atom. The molecule has 1 aromatic carbocycles. The fourth-order valence-electron chi connectivity index (χ4n) is 3.12. The summed E-state index contributed by atoms with van der Waals surface area (Å²) in [5, 5.41) is 11.8. The maximum atomic E-state index is 12.9. The Morgan fingerprint density at radius 1 is 1.24 bits per heavy atom. The predicted octanol–water partition coefficient (Wildman–Crippen LogP) is 1.69. The Hall–Kier alpha value is -2.23. The first-order chi connectivity index (χ1) is 11.8. The number of hydrogen-bond donors (Lipinski definition) is 2. The summed E-state index contributed by atoms with van der Waals surface area (Å²) in [4.78, 5) is 23.7. The van der Waals surface area contributed by atoms with Gasteiger partial charge in [0.15, 0.2) is 0 Å². The molecule has 0 atom stereocenters. The van der Waals surface area contributed by atoms with Gasteiger partial charge >= 0.3 is 5.97 Å². The number of nitrogens with one attached hydrogen (secondary N) is 1. The third kappa shape index (κ3) is 2.74. The van der Waals surface area contributed by atoms with Crippen LogP contribution in [0.2, 0.25) is 0 Å². The van der Waals surface area contributed by atoms with Gasteiger partial charge in [-0.1, -0.05) is 0 Å². The summed E-state index contributed by atoms with van der Waals surface area (Å²) in [5.74, 6) is -1.14. The summed E-state index contributed by atoms with van der Waals surface area (Å²) in [6.07, 6.45) is 0.666. The number of rotatable bonds is 3. The van der Waals surface area contributed by atoms with E-state index in [4.69, 9.17) is 5.11 Å². The molecule has 0 spiro atoms. The van der Waals surface area contributed by atoms with Crippen molar-refractivity contribution in [2.24, 2.45) is 0 Å². The second kappa shape index (κ2) is 5.65. The first-order valence-electron chi connectivity index (χ1n) is 7.62. The van der Waals surface area contributed by atoms with Crippen molar-refractivity contribution in [3.63, 3.8) is 0 Å². The Bertz CT molecular complexity index is 1010. The lowest BCUT2D eigenvalue weighted by Crippen LogP contribution is -2.35. The van der Waals surface area contributed by atoms with E-state index >= 15 is 0 Å². The van der Waals surface area contributed by atoms with Crippen LogP contribution in [0.5, 0.6) is 0 Å². The first-order valence-corrected chi connectivity index (χ1v) is 9.88. The van der Waals surface area contributed by atoms with Gasteiger partial charge in [-0.05, 0) is 41.8 Å². The summed E-state index contributed by atoms with van der Waals surface area (Å²) >= 11 is 1.12. The van der Waals surface area contributed by atoms with Crippen molar-refractivity contribution >= 4 is 38.9 Å². The molecule has 0 unspecified atom stereocenters. The van der Waals surface area contributed by atoms with Crippen LogP contribution < -0.4 is 5.32 Å². The summed E-state index contributed by atoms with van der Waals surface area (Å²) in [6, 6.07) is 6.26. The molecule has 2 N–H and O–H groups in total. The highest BCUT2D eigenvalue weighted by atomic mass is 32.2. The molecule has 25 heavy (non-hydrogen) atoms. The van der Waals surface area contributed by atoms with Crippen molar-refractivity contribution in [1.29, 1.82) is 0 Å². The molecule has 3 heterocycles. The SMILES string of the molecule is O=C1Cc2cc(S(=O)(=O)N3CCc4cc(C(=O)O)sc4C3)ccc2N1. The van der Waals surface area contributed by atoms with E-state index in [1.54, 1.807) is 12.1 Å². The number of fused-ring (bicyclic) bond motifs is 2. The van der Waals surface area contributed by atoms with Gasteiger partial charge in [0, 0.05) is 23.7 Å². The molecule has 0 saturated carbocycles. The van der Waals surface area contributed by atoms with Gasteiger partial charge < -0.3 is 10.4 Å². The molecule has 2 aromatic rings. The van der Waals surface area contributed by atoms with Crippen LogP contribution in [0.25, 0.3) is 0 Å². The lowest BCUT2D eigenvalue weighted by molar-refractivity contribution is -0.115. The van der Waals surface area contributed by atoms with E-state index in [2.05, 4.69) is 5.32 Å². The summed E-state index contributed by atoms with van der Waals surface area (Å²) in [6.45, 7) is 0.475. The lowest BCUT2D eigenvalue weighted by Gasteiger charge is -2.26. The molecule has 0 saturated heterocycles. The Morgan fingerprint density at radius 3 is 2.80 bits per heavy atom. The zero-order valence-corrected chi connectivity index (χ0v) is 14.6. The average molecular weight is 378 g/mol. The van der Waals surface area contributed by atoms with Gasteiger partial charge in [0.2, 0.25) is 15.9 Å². The second-order valence-corrected chi connectivity index (χ2v) is 9.07. The smallest absolute Gasteiger partial charge is 0.345 e. The summed E-state index contributed by atoms with van der Waals surface area (Å²) in [7, 11) is -3.70. The molecular formula is C16H14N2O5S2. The highest BCUT2D eigenvalue weighted by Gasteiger charge is 2.31. The third-order valence-corrected chi connectivity index (χ3v) is 7.39. The van der Waals surface area contributed by atoms with Crippen molar-refractivity contribution in [3.8, 4) is 0 Å². The summed E-state index contributed by atoms with van der Waals surface area (Å²) in [5.41, 5.74) is 2.22. The van der Waals surface area contributed by atoms with E-state index in [0.717, 1.165) is 21.8 Å². The van der Waals surface area contributed by atoms with Crippen molar-refractivity contribution in [3.05, 3.63) is 45.1 Å². The third-order valence-electron chi connectivity index (χ3n) is 4.40. The fraction of sp³-hybridized carbons (Fsp3) is 0.250. The molecule has 130 valence electrons. The maximum Gasteiger partial charge on any atom is 0.345 e. The number of carboxylic acids is 1. The van der Waals surface area contributed by atoms with Gasteiger partial charge in [-0.15, -0.1) is 11.3 Å². The van der Waals surface area contributed by atoms with Crippen molar-refractivity contribution < 1.29 is 23.1 Å². The maximum absolute atomic E-state index is 12.9. The molecular weight excluding hydrogens is 364 g/mol. The topological polar surface area (TPSA) is 104 Å². The van der Waals surface area contributed by atoms with Crippen LogP contribution in [0.15, 0.2) is 29.2 Å². The number of thiophene rings is 1. The zero-order valence-electron chi connectivity index (χ0n) is 13.0. The van der Waals surface area contributed by atoms with E-state index in [1.165, 1.54) is 16.4 Å². The molecule has 9 heteroatoms. The molecule has 0 fully saturated rings. The van der Waals surface area contributed by atoms with Gasteiger partial charge in [0.1, 0.15) is 4.88 Å². The number of nitrogens with zero attached hydrogens (tertiary/aromatic N) is 1. The number of anilines is 1. The predicted molar refractivity (Wildman–Crippen MR) is 91.4 cm³/mol. The minimum Gasteiger partial charge on any atom is -0.477 e. The fourth-order valence-corrected chi connectivity index (χ4v) is 5.73. The second-order valence-electron chi connectivity index (χ2n) is 6.00. The number of sulfonamides is 1. The normalized spacial score (nSPS) is 17.0. The zero-order chi connectivity index (χ0) is 17.8. The standard InChI is InChI=1S/C16H14N2O5S2/c19-15-7-10-5-11(1-2-12(10)17-15)25(22,23)18-4-3-9-6-13(16(20)21)24-14(9)8-18/h1-2,5-6H,3-4,7-8H2,(H,17,19)(H,20,21). The van der Waals surface area contributed by atoms with E-state index in [-0.39, 0.29) is 28.6 Å². The minimum absolute atomic E-state index is 0.146. The van der Waals surface area contributed by atoms with E-state index < -0.39 is 16.0 Å². The van der Waals surface area contributed by atoms with E-state index in [1.807, 2.05) is 0 Å². The highest BCUT2D eigenvalue weighted by Crippen LogP contribution is 2.32. The van der Waals surface area contributed by atoms with Crippen LogP contribution >= 0.6 is 11.3 Å². The van der Waals surface area contributed by atoms with Crippen LogP contribution in [-0.4, -0.2) is 36.3 Å². The molecule has 0 radical (unpaired) electrons. The number of hydrogen-bond acceptors (Lipinski definition) is 5. The van der Waals surface area contributed by atoms with Crippen LogP contribution in [-0.2, 0) is 34.2 Å². The summed E-state index contributed by atoms with van der Waals surface area (Å²) < 4.78 is 27.2. The number of amides is 1. The Balaban J connectivity index is 1.64. The minimum atomic E-state index is -3.70. The monoisotopic (exact) mass is 378 g/mol. The molecule has 0 bridgehead atoms. The quantitative estimate of drug-likeness (QED) is 0.846. The molecule has 2 aliphatic rings. The molecule has 1 amide bonds. The lowest BCUT2D eigenvalue weighted by atomic mass is 10.1. The highest BCUT2D eigenvalue weighted by molar-refractivity contribution is 7.89. The Kier molecular flexibility index (Phi) is 3.67. The Labute approximate surface area is 147 Å². The van der Waals surface area contributed by atoms with Gasteiger partial charge in [-0.25, -0.2) is 13.2 Å². The molecule has 7 nitrogen and oxygen atoms in total.